The Bertz CT molecular complexity index is 3290. The van der Waals surface area contributed by atoms with Gasteiger partial charge in [-0.3, -0.25) is 14.8 Å². The molecule has 0 atom stereocenters. The van der Waals surface area contributed by atoms with E-state index in [2.05, 4.69) is 72.7 Å². The molecule has 0 radical (unpaired) electrons. The van der Waals surface area contributed by atoms with Crippen LogP contribution in [-0.2, 0) is 0 Å². The number of rotatable bonds is 12. The molecule has 2 aliphatic heterocycles. The molecule has 70 heavy (non-hydrogen) atoms. The zero-order valence-electron chi connectivity index (χ0n) is 38.3. The van der Waals surface area contributed by atoms with Gasteiger partial charge in [-0.05, 0) is 97.2 Å². The third kappa shape index (κ3) is 11.4. The molecule has 0 amide bonds. The molecule has 0 unspecified atom stereocenters. The van der Waals surface area contributed by atoms with E-state index in [0.717, 1.165) is 127 Å². The van der Waals surface area contributed by atoms with Gasteiger partial charge in [-0.1, -0.05) is 36.4 Å². The van der Waals surface area contributed by atoms with Gasteiger partial charge in [0, 0.05) is 77.8 Å². The largest absolute Gasteiger partial charge is 0.490 e. The van der Waals surface area contributed by atoms with Gasteiger partial charge in [-0.15, -0.1) is 0 Å². The van der Waals surface area contributed by atoms with Gasteiger partial charge >= 0.3 is 5.97 Å². The Labute approximate surface area is 413 Å². The number of ether oxygens (including phenoxy) is 2. The zero-order chi connectivity index (χ0) is 48.4. The number of fused-ring (bicyclic) bond motifs is 3. The number of carboxylic acids is 1. The van der Waals surface area contributed by atoms with Gasteiger partial charge in [0.15, 0.2) is 15.4 Å². The summed E-state index contributed by atoms with van der Waals surface area (Å²) >= 11 is 10.4. The number of nitrogens with zero attached hydrogens (tertiary/aromatic N) is 7. The van der Waals surface area contributed by atoms with E-state index in [0.29, 0.717) is 34.1 Å². The SMILES string of the molecule is Nc1cccc(N2CCN(CCOc3cccc4[nH]c(=S)[nH]c34)CC2)c1N.O=C(O)c1ccccn1.S=c1[nH]c2cccc(OCCN3CCN(c4cccc5[nH]c(-c6ccccn6)nc45)CC3)c2[nH]1. The number of aromatic carboxylic acids is 1. The second-order valence-corrected chi connectivity index (χ2v) is 17.5. The Kier molecular flexibility index (Phi) is 14.9. The number of nitrogen functional groups attached to an aromatic ring is 2. The van der Waals surface area contributed by atoms with Gasteiger partial charge in [0.25, 0.3) is 0 Å². The Morgan fingerprint density at radius 1 is 0.586 bits per heavy atom. The van der Waals surface area contributed by atoms with E-state index < -0.39 is 5.97 Å². The average molecular weight is 979 g/mol. The van der Waals surface area contributed by atoms with Crippen LogP contribution in [0.2, 0.25) is 0 Å². The topological polar surface area (TPSA) is 238 Å². The first-order valence-electron chi connectivity index (χ1n) is 23.0. The number of carboxylic acid groups (broad SMARTS) is 1. The van der Waals surface area contributed by atoms with Crippen molar-refractivity contribution in [3.8, 4) is 23.0 Å². The Morgan fingerprint density at radius 3 is 1.66 bits per heavy atom. The lowest BCUT2D eigenvalue weighted by Gasteiger charge is -2.36. The third-order valence-corrected chi connectivity index (χ3v) is 12.6. The number of anilines is 4. The van der Waals surface area contributed by atoms with Crippen LogP contribution in [0.25, 0.3) is 44.6 Å². The number of H-pyrrole nitrogens is 5. The summed E-state index contributed by atoms with van der Waals surface area (Å²) in [5, 5.41) is 8.32. The van der Waals surface area contributed by atoms with Crippen molar-refractivity contribution in [2.45, 2.75) is 0 Å². The van der Waals surface area contributed by atoms with Crippen LogP contribution in [0.15, 0.2) is 122 Å². The molecular weight excluding hydrogens is 925 g/mol. The number of hydrogen-bond donors (Lipinski definition) is 8. The predicted octanol–water partition coefficient (Wildman–Crippen LogP) is 7.74. The summed E-state index contributed by atoms with van der Waals surface area (Å²) in [5.74, 6) is 1.47. The molecular formula is C50H54N14O4S2. The quantitative estimate of drug-likeness (QED) is 0.0432. The van der Waals surface area contributed by atoms with E-state index in [1.54, 1.807) is 18.3 Å². The van der Waals surface area contributed by atoms with Crippen molar-refractivity contribution in [1.29, 1.82) is 0 Å². The van der Waals surface area contributed by atoms with E-state index in [1.165, 1.54) is 18.0 Å². The Balaban J connectivity index is 0.000000150. The monoisotopic (exact) mass is 978 g/mol. The summed E-state index contributed by atoms with van der Waals surface area (Å²) in [4.78, 5) is 48.6. The van der Waals surface area contributed by atoms with Crippen molar-refractivity contribution in [3.63, 3.8) is 0 Å². The molecule has 10 N–H and O–H groups in total. The summed E-state index contributed by atoms with van der Waals surface area (Å²) in [5.41, 5.74) is 22.3. The number of nitrogens with one attached hydrogen (secondary N) is 5. The van der Waals surface area contributed by atoms with Gasteiger partial charge in [-0.25, -0.2) is 14.8 Å². The lowest BCUT2D eigenvalue weighted by molar-refractivity contribution is 0.0690. The standard InChI is InChI=1S/C25H25N7OS.C19H24N6OS.C6H5NO2/c34-25-28-18-7-4-9-21(23(18)30-25)33-16-15-31-11-13-32(14-12-31)20-8-3-6-17-22(20)29-24(27-17)19-5-1-2-10-26-19;20-13-3-1-5-15(17(13)21)25-9-7-24(8-10-25)11-12-26-16-6-2-4-14-18(16)23-19(27)22-14;8-6(9)5-3-1-2-4-7-5/h1-10H,11-16H2,(H,27,29)(H2,28,30,34);1-6H,7-12,20-21H2,(H2,22,23,27);1-4H,(H,8,9). The molecule has 5 aromatic heterocycles. The summed E-state index contributed by atoms with van der Waals surface area (Å²) in [6.45, 7) is 10.7. The van der Waals surface area contributed by atoms with Crippen molar-refractivity contribution in [2.24, 2.45) is 0 Å². The minimum Gasteiger partial charge on any atom is -0.490 e. The van der Waals surface area contributed by atoms with Crippen molar-refractivity contribution >= 4 is 86.3 Å². The molecule has 0 aliphatic carbocycles. The minimum atomic E-state index is -0.990. The highest BCUT2D eigenvalue weighted by atomic mass is 32.1. The fraction of sp³-hybridized carbons (Fsp3) is 0.240. The van der Waals surface area contributed by atoms with Gasteiger partial charge in [0.05, 0.1) is 39.3 Å². The molecule has 0 spiro atoms. The van der Waals surface area contributed by atoms with E-state index >= 15 is 0 Å². The van der Waals surface area contributed by atoms with Crippen molar-refractivity contribution < 1.29 is 19.4 Å². The lowest BCUT2D eigenvalue weighted by atomic mass is 10.2. The van der Waals surface area contributed by atoms with Gasteiger partial charge in [0.1, 0.15) is 52.7 Å². The second-order valence-electron chi connectivity index (χ2n) is 16.6. The zero-order valence-corrected chi connectivity index (χ0v) is 39.9. The number of para-hydroxylation sites is 4. The first-order chi connectivity index (χ1) is 34.2. The molecule has 0 bridgehead atoms. The van der Waals surface area contributed by atoms with E-state index in [1.807, 2.05) is 72.8 Å². The smallest absolute Gasteiger partial charge is 0.354 e. The molecule has 4 aromatic carbocycles. The fourth-order valence-corrected chi connectivity index (χ4v) is 8.95. The summed E-state index contributed by atoms with van der Waals surface area (Å²) < 4.78 is 13.3. The number of piperazine rings is 2. The van der Waals surface area contributed by atoms with Crippen LogP contribution < -0.4 is 30.7 Å². The predicted molar refractivity (Wildman–Crippen MR) is 281 cm³/mol. The highest BCUT2D eigenvalue weighted by molar-refractivity contribution is 7.71. The number of imidazole rings is 3. The molecule has 2 aliphatic rings. The third-order valence-electron chi connectivity index (χ3n) is 12.2. The minimum absolute atomic E-state index is 0.0810. The number of aromatic amines is 5. The van der Waals surface area contributed by atoms with Crippen LogP contribution in [0.5, 0.6) is 11.5 Å². The van der Waals surface area contributed by atoms with Crippen LogP contribution in [0.3, 0.4) is 0 Å². The maximum atomic E-state index is 10.1. The number of hydrogen-bond acceptors (Lipinski definition) is 14. The summed E-state index contributed by atoms with van der Waals surface area (Å²) in [6.07, 6.45) is 3.24. The molecule has 2 saturated heterocycles. The molecule has 20 heteroatoms. The van der Waals surface area contributed by atoms with Crippen LogP contribution in [-0.4, -0.2) is 139 Å². The summed E-state index contributed by atoms with van der Waals surface area (Å²) in [6, 6.07) is 34.6. The van der Waals surface area contributed by atoms with Gasteiger partial charge in [-0.2, -0.15) is 0 Å². The second kappa shape index (κ2) is 22.1. The highest BCUT2D eigenvalue weighted by Gasteiger charge is 2.22. The fourth-order valence-electron chi connectivity index (χ4n) is 8.53. The number of benzene rings is 4. The number of carbonyl (C=O) groups is 1. The number of nitrogens with two attached hydrogens (primary N) is 2. The highest BCUT2D eigenvalue weighted by Crippen LogP contribution is 2.31. The Hall–Kier alpha value is -7.78. The van der Waals surface area contributed by atoms with Crippen LogP contribution in [0, 0.1) is 9.54 Å². The number of aromatic nitrogens is 8. The van der Waals surface area contributed by atoms with Gasteiger partial charge < -0.3 is 60.8 Å². The number of pyridine rings is 2. The average Bonchev–Trinajstić information content (AvgIpc) is 4.12. The molecule has 7 heterocycles. The maximum absolute atomic E-state index is 10.1. The Morgan fingerprint density at radius 2 is 1.11 bits per heavy atom. The lowest BCUT2D eigenvalue weighted by Crippen LogP contribution is -2.47. The van der Waals surface area contributed by atoms with Crippen LogP contribution in [0.4, 0.5) is 22.7 Å². The maximum Gasteiger partial charge on any atom is 0.354 e. The molecule has 11 rings (SSSR count). The molecule has 2 fully saturated rings. The first-order valence-corrected chi connectivity index (χ1v) is 23.8. The van der Waals surface area contributed by atoms with Crippen molar-refractivity contribution in [1.82, 2.24) is 49.7 Å². The first kappa shape index (κ1) is 47.3. The molecule has 9 aromatic rings. The van der Waals surface area contributed by atoms with Crippen LogP contribution >= 0.6 is 24.4 Å². The summed E-state index contributed by atoms with van der Waals surface area (Å²) in [7, 11) is 0. The van der Waals surface area contributed by atoms with Crippen molar-refractivity contribution in [3.05, 3.63) is 137 Å². The van der Waals surface area contributed by atoms with E-state index in [4.69, 9.17) is 55.5 Å². The molecule has 18 nitrogen and oxygen atoms in total. The van der Waals surface area contributed by atoms with Gasteiger partial charge in [0.2, 0.25) is 0 Å². The van der Waals surface area contributed by atoms with E-state index in [9.17, 15) is 4.79 Å². The van der Waals surface area contributed by atoms with Crippen LogP contribution in [0.1, 0.15) is 10.5 Å². The van der Waals surface area contributed by atoms with Crippen molar-refractivity contribution in [2.75, 3.05) is 99.9 Å². The molecule has 0 saturated carbocycles. The van der Waals surface area contributed by atoms with E-state index in [-0.39, 0.29) is 5.69 Å². The molecule has 360 valence electrons. The normalized spacial score (nSPS) is 14.2.